The van der Waals surface area contributed by atoms with Gasteiger partial charge in [-0.25, -0.2) is 0 Å². The molecule has 14 nitrogen and oxygen atoms in total. The van der Waals surface area contributed by atoms with E-state index in [0.717, 1.165) is 49.2 Å². The molecule has 3 aliphatic rings. The molecule has 5 rings (SSSR count). The third-order valence-corrected chi connectivity index (χ3v) is 10.7. The highest BCUT2D eigenvalue weighted by Crippen LogP contribution is 2.42. The van der Waals surface area contributed by atoms with Gasteiger partial charge in [-0.1, -0.05) is 74.8 Å². The van der Waals surface area contributed by atoms with E-state index in [1.807, 2.05) is 48.5 Å². The highest BCUT2D eigenvalue weighted by atomic mass is 32.1. The van der Waals surface area contributed by atoms with E-state index in [1.54, 1.807) is 0 Å². The number of rotatable bonds is 13. The van der Waals surface area contributed by atoms with E-state index >= 15 is 0 Å². The Bertz CT molecular complexity index is 1680. The van der Waals surface area contributed by atoms with Gasteiger partial charge in [0, 0.05) is 57.8 Å². The van der Waals surface area contributed by atoms with Gasteiger partial charge < -0.3 is 48.5 Å². The Labute approximate surface area is 339 Å². The van der Waals surface area contributed by atoms with Gasteiger partial charge in [0.15, 0.2) is 24.6 Å². The van der Waals surface area contributed by atoms with Crippen molar-refractivity contribution in [3.63, 3.8) is 0 Å². The van der Waals surface area contributed by atoms with Crippen molar-refractivity contribution in [2.45, 2.75) is 129 Å². The number of anilines is 1. The van der Waals surface area contributed by atoms with Gasteiger partial charge in [-0.3, -0.25) is 19.2 Å². The second-order valence-corrected chi connectivity index (χ2v) is 15.5. The molecule has 0 amide bonds. The zero-order valence-electron chi connectivity index (χ0n) is 33.4. The normalized spacial score (nSPS) is 28.2. The van der Waals surface area contributed by atoms with E-state index in [4.69, 9.17) is 45.4 Å². The van der Waals surface area contributed by atoms with Crippen LogP contribution in [-0.2, 0) is 58.9 Å². The number of hydrogen-bond acceptors (Lipinski definition) is 14. The van der Waals surface area contributed by atoms with E-state index < -0.39 is 60.7 Å². The monoisotopic (exact) mass is 812 g/mol. The number of nitrogens with zero attached hydrogens (tertiary/aromatic N) is 1. The number of aliphatic hydroxyl groups excluding tert-OH is 1. The number of ether oxygens (including phenoxy) is 7. The van der Waals surface area contributed by atoms with Crippen LogP contribution in [0.15, 0.2) is 48.5 Å². The predicted octanol–water partition coefficient (Wildman–Crippen LogP) is 5.49. The van der Waals surface area contributed by atoms with Gasteiger partial charge in [-0.05, 0) is 49.2 Å². The fourth-order valence-corrected chi connectivity index (χ4v) is 8.00. The first kappa shape index (κ1) is 44.1. The van der Waals surface area contributed by atoms with E-state index in [2.05, 4.69) is 17.1 Å². The van der Waals surface area contributed by atoms with Crippen LogP contribution in [0.4, 0.5) is 5.69 Å². The van der Waals surface area contributed by atoms with Crippen molar-refractivity contribution in [1.82, 2.24) is 4.90 Å². The Kier molecular flexibility index (Phi) is 16.4. The molecule has 0 bridgehead atoms. The minimum absolute atomic E-state index is 0.0175. The smallest absolute Gasteiger partial charge is 0.303 e. The average Bonchev–Trinajstić information content (AvgIpc) is 3.14. The van der Waals surface area contributed by atoms with Crippen molar-refractivity contribution in [2.24, 2.45) is 5.92 Å². The topological polar surface area (TPSA) is 168 Å². The molecule has 0 saturated carbocycles. The summed E-state index contributed by atoms with van der Waals surface area (Å²) in [5, 5.41) is 12.9. The number of benzene rings is 2. The maximum absolute atomic E-state index is 12.3. The SMILES string of the molecule is CC(=O)OC[C@H]1O[C@@H](CC(=S)Nc2cccc(C3O[C@H](CN4CCCCCCC4)[C@H](C)[C@H](c4ccc(CO)cc4)O3)c2)[C@H](OC(C)=O)[C@@H](OC(C)=O)[C@@H]1OC(C)=O. The molecule has 0 radical (unpaired) electrons. The van der Waals surface area contributed by atoms with E-state index in [1.165, 1.54) is 47.0 Å². The summed E-state index contributed by atoms with van der Waals surface area (Å²) in [6.07, 6.45) is -0.868. The van der Waals surface area contributed by atoms with Crippen LogP contribution in [0.5, 0.6) is 0 Å². The average molecular weight is 813 g/mol. The molecule has 3 saturated heterocycles. The zero-order chi connectivity index (χ0) is 41.1. The maximum atomic E-state index is 12.3. The van der Waals surface area contributed by atoms with E-state index in [-0.39, 0.29) is 37.8 Å². The lowest BCUT2D eigenvalue weighted by Gasteiger charge is -2.44. The lowest BCUT2D eigenvalue weighted by molar-refractivity contribution is -0.276. The molecule has 0 spiro atoms. The Morgan fingerprint density at radius 1 is 0.754 bits per heavy atom. The fourth-order valence-electron chi connectivity index (χ4n) is 7.72. The Balaban J connectivity index is 1.36. The molecule has 3 heterocycles. The third-order valence-electron chi connectivity index (χ3n) is 10.4. The lowest BCUT2D eigenvalue weighted by atomic mass is 9.89. The number of nitrogens with one attached hydrogen (secondary N) is 1. The molecule has 0 aliphatic carbocycles. The first-order chi connectivity index (χ1) is 27.3. The van der Waals surface area contributed by atoms with Gasteiger partial charge in [-0.15, -0.1) is 0 Å². The van der Waals surface area contributed by atoms with Gasteiger partial charge in [0.2, 0.25) is 0 Å². The van der Waals surface area contributed by atoms with Crippen LogP contribution in [0.3, 0.4) is 0 Å². The molecule has 15 heteroatoms. The fraction of sp³-hybridized carbons (Fsp3) is 0.595. The van der Waals surface area contributed by atoms with Crippen LogP contribution in [0.25, 0.3) is 0 Å². The van der Waals surface area contributed by atoms with Crippen LogP contribution >= 0.6 is 12.2 Å². The van der Waals surface area contributed by atoms with Crippen LogP contribution in [0.1, 0.15) is 102 Å². The summed E-state index contributed by atoms with van der Waals surface area (Å²) < 4.78 is 41.7. The van der Waals surface area contributed by atoms with Crippen LogP contribution < -0.4 is 5.32 Å². The van der Waals surface area contributed by atoms with Crippen molar-refractivity contribution in [3.05, 3.63) is 65.2 Å². The molecular formula is C42H56N2O12S. The number of carbonyl (C=O) groups excluding carboxylic acids is 4. The molecule has 2 aromatic carbocycles. The summed E-state index contributed by atoms with van der Waals surface area (Å²) in [6, 6.07) is 15.4. The first-order valence-electron chi connectivity index (χ1n) is 19.7. The second-order valence-electron chi connectivity index (χ2n) is 15.0. The molecule has 9 atom stereocenters. The third kappa shape index (κ3) is 12.7. The van der Waals surface area contributed by atoms with Crippen molar-refractivity contribution in [2.75, 3.05) is 31.6 Å². The minimum Gasteiger partial charge on any atom is -0.463 e. The van der Waals surface area contributed by atoms with Gasteiger partial charge in [0.05, 0.1) is 23.8 Å². The van der Waals surface area contributed by atoms with Gasteiger partial charge >= 0.3 is 23.9 Å². The minimum atomic E-state index is -1.29. The van der Waals surface area contributed by atoms with Gasteiger partial charge in [0.1, 0.15) is 18.8 Å². The first-order valence-corrected chi connectivity index (χ1v) is 20.1. The Morgan fingerprint density at radius 2 is 1.37 bits per heavy atom. The molecular weight excluding hydrogens is 757 g/mol. The number of likely N-dealkylation sites (tertiary alicyclic amines) is 1. The predicted molar refractivity (Wildman–Crippen MR) is 212 cm³/mol. The second kappa shape index (κ2) is 21.1. The molecule has 57 heavy (non-hydrogen) atoms. The highest BCUT2D eigenvalue weighted by molar-refractivity contribution is 7.80. The van der Waals surface area contributed by atoms with E-state index in [0.29, 0.717) is 10.7 Å². The Hall–Kier alpha value is -3.99. The quantitative estimate of drug-likeness (QED) is 0.148. The van der Waals surface area contributed by atoms with E-state index in [9.17, 15) is 24.3 Å². The summed E-state index contributed by atoms with van der Waals surface area (Å²) in [6.45, 7) is 9.40. The number of aliphatic hydroxyl groups is 1. The maximum Gasteiger partial charge on any atom is 0.303 e. The highest BCUT2D eigenvalue weighted by Gasteiger charge is 2.52. The van der Waals surface area contributed by atoms with Crippen LogP contribution in [0.2, 0.25) is 0 Å². The zero-order valence-corrected chi connectivity index (χ0v) is 34.2. The van der Waals surface area contributed by atoms with Crippen LogP contribution in [0, 0.1) is 5.92 Å². The van der Waals surface area contributed by atoms with Crippen molar-refractivity contribution < 1.29 is 57.4 Å². The molecule has 2 N–H and O–H groups in total. The largest absolute Gasteiger partial charge is 0.463 e. The molecule has 3 fully saturated rings. The molecule has 0 aromatic heterocycles. The summed E-state index contributed by atoms with van der Waals surface area (Å²) >= 11 is 5.81. The lowest BCUT2D eigenvalue weighted by Crippen LogP contribution is -2.62. The molecule has 312 valence electrons. The molecule has 2 aromatic rings. The summed E-state index contributed by atoms with van der Waals surface area (Å²) in [5.74, 6) is -2.67. The van der Waals surface area contributed by atoms with Gasteiger partial charge in [-0.2, -0.15) is 0 Å². The van der Waals surface area contributed by atoms with Crippen molar-refractivity contribution >= 4 is 46.8 Å². The van der Waals surface area contributed by atoms with Gasteiger partial charge in [0.25, 0.3) is 0 Å². The summed E-state index contributed by atoms with van der Waals surface area (Å²) in [4.78, 5) is 51.3. The Morgan fingerprint density at radius 3 is 1.98 bits per heavy atom. The number of thiocarbonyl (C=S) groups is 1. The summed E-state index contributed by atoms with van der Waals surface area (Å²) in [5.41, 5.74) is 3.24. The van der Waals surface area contributed by atoms with Crippen molar-refractivity contribution in [1.29, 1.82) is 0 Å². The molecule has 1 unspecified atom stereocenters. The molecule has 3 aliphatic heterocycles. The number of hydrogen-bond donors (Lipinski definition) is 2. The standard InChI is InChI=1S/C42H56N2O12S/c1-25-35(22-44-18-9-7-6-8-10-19-44)55-42(56-38(25)31-16-14-30(23-45)15-17-31)32-12-11-13-33(20-32)43-37(57)21-34-39(51-27(3)47)41(53-29(5)49)40(52-28(4)48)36(54-34)24-50-26(2)46/h11-17,20,25,34-36,38-42,45H,6-10,18-19,21-24H2,1-5H3,(H,43,57)/t25-,34-,35+,36+,38+,39-,40+,41+,42?/m0/s1. The number of carbonyl (C=O) groups is 4. The number of esters is 4. The summed E-state index contributed by atoms with van der Waals surface area (Å²) in [7, 11) is 0. The van der Waals surface area contributed by atoms with Crippen molar-refractivity contribution in [3.8, 4) is 0 Å². The van der Waals surface area contributed by atoms with Crippen LogP contribution in [-0.4, -0.2) is 102 Å².